The van der Waals surface area contributed by atoms with Crippen molar-refractivity contribution in [1.82, 2.24) is 19.5 Å². The van der Waals surface area contributed by atoms with E-state index in [2.05, 4.69) is 9.97 Å². The fourth-order valence-electron chi connectivity index (χ4n) is 4.55. The van der Waals surface area contributed by atoms with Crippen molar-refractivity contribution in [2.75, 3.05) is 13.2 Å². The fraction of sp³-hybridized carbons (Fsp3) is 0.222. The molecule has 1 saturated heterocycles. The predicted molar refractivity (Wildman–Crippen MR) is 131 cm³/mol. The Morgan fingerprint density at radius 1 is 1.09 bits per heavy atom. The van der Waals surface area contributed by atoms with E-state index in [1.807, 2.05) is 54.7 Å². The standard InChI is InChI=1S/C27H24N4O3/c1-31-16-19(5-9-24(31)32)21-7-8-22-25(30-27(29-22)18-10-13-33-14-11-18)26(21)34-20-6-4-17-3-2-12-28-23(17)15-20/h2-9,12,15-16,18H,10-11,13-14H2,1H3,(H,29,30). The number of pyridine rings is 2. The van der Waals surface area contributed by atoms with E-state index in [0.29, 0.717) is 17.4 Å². The second-order valence-electron chi connectivity index (χ2n) is 8.67. The molecule has 1 aliphatic heterocycles. The van der Waals surface area contributed by atoms with Crippen molar-refractivity contribution in [2.45, 2.75) is 18.8 Å². The lowest BCUT2D eigenvalue weighted by atomic mass is 10.00. The maximum Gasteiger partial charge on any atom is 0.250 e. The number of rotatable bonds is 4. The first-order chi connectivity index (χ1) is 16.7. The van der Waals surface area contributed by atoms with Gasteiger partial charge < -0.3 is 19.0 Å². The van der Waals surface area contributed by atoms with Gasteiger partial charge in [-0.3, -0.25) is 9.78 Å². The first-order valence-corrected chi connectivity index (χ1v) is 11.5. The summed E-state index contributed by atoms with van der Waals surface area (Å²) in [5, 5.41) is 1.05. The quantitative estimate of drug-likeness (QED) is 0.407. The lowest BCUT2D eigenvalue weighted by molar-refractivity contribution is 0.0838. The topological polar surface area (TPSA) is 82.0 Å². The maximum atomic E-state index is 12.0. The van der Waals surface area contributed by atoms with E-state index in [9.17, 15) is 4.79 Å². The number of fused-ring (bicyclic) bond motifs is 2. The Labute approximate surface area is 196 Å². The molecule has 0 bridgehead atoms. The van der Waals surface area contributed by atoms with E-state index in [-0.39, 0.29) is 5.56 Å². The number of nitrogens with one attached hydrogen (secondary N) is 1. The molecular weight excluding hydrogens is 428 g/mol. The van der Waals surface area contributed by atoms with Crippen molar-refractivity contribution in [3.05, 3.63) is 83.2 Å². The molecule has 0 amide bonds. The van der Waals surface area contributed by atoms with Gasteiger partial charge in [0.25, 0.3) is 0 Å². The number of aromatic amines is 1. The molecule has 7 heteroatoms. The highest BCUT2D eigenvalue weighted by molar-refractivity contribution is 5.91. The molecule has 3 aromatic heterocycles. The van der Waals surface area contributed by atoms with Gasteiger partial charge in [-0.2, -0.15) is 0 Å². The Kier molecular flexibility index (Phi) is 5.11. The summed E-state index contributed by atoms with van der Waals surface area (Å²) in [6.45, 7) is 1.50. The third-order valence-corrected chi connectivity index (χ3v) is 6.43. The van der Waals surface area contributed by atoms with Crippen molar-refractivity contribution in [3.8, 4) is 22.6 Å². The number of imidazole rings is 1. The minimum absolute atomic E-state index is 0.0607. The molecule has 7 nitrogen and oxygen atoms in total. The van der Waals surface area contributed by atoms with Crippen LogP contribution < -0.4 is 10.3 Å². The van der Waals surface area contributed by atoms with Gasteiger partial charge in [-0.25, -0.2) is 4.98 Å². The van der Waals surface area contributed by atoms with Gasteiger partial charge in [0.05, 0.1) is 11.0 Å². The third kappa shape index (κ3) is 3.74. The van der Waals surface area contributed by atoms with E-state index in [1.54, 1.807) is 23.9 Å². The Morgan fingerprint density at radius 2 is 1.97 bits per heavy atom. The van der Waals surface area contributed by atoms with Gasteiger partial charge in [-0.05, 0) is 49.2 Å². The number of aromatic nitrogens is 4. The van der Waals surface area contributed by atoms with Crippen LogP contribution in [0.5, 0.6) is 11.5 Å². The molecule has 0 spiro atoms. The molecule has 4 heterocycles. The third-order valence-electron chi connectivity index (χ3n) is 6.43. The Bertz CT molecular complexity index is 1560. The minimum Gasteiger partial charge on any atom is -0.454 e. The largest absolute Gasteiger partial charge is 0.454 e. The highest BCUT2D eigenvalue weighted by Gasteiger charge is 2.22. The summed E-state index contributed by atoms with van der Waals surface area (Å²) in [6, 6.07) is 17.3. The van der Waals surface area contributed by atoms with Crippen LogP contribution in [0.25, 0.3) is 33.1 Å². The predicted octanol–water partition coefficient (Wildman–Crippen LogP) is 5.16. The molecule has 5 aromatic rings. The Hall–Kier alpha value is -3.97. The summed E-state index contributed by atoms with van der Waals surface area (Å²) in [5.74, 6) is 2.63. The highest BCUT2D eigenvalue weighted by atomic mass is 16.5. The molecule has 170 valence electrons. The van der Waals surface area contributed by atoms with Gasteiger partial charge >= 0.3 is 0 Å². The van der Waals surface area contributed by atoms with Crippen LogP contribution >= 0.6 is 0 Å². The SMILES string of the molecule is Cn1cc(-c2ccc3[nH]c(C4CCOCC4)nc3c2Oc2ccc3cccnc3c2)ccc1=O. The number of nitrogens with zero attached hydrogens (tertiary/aromatic N) is 3. The zero-order valence-corrected chi connectivity index (χ0v) is 18.8. The minimum atomic E-state index is -0.0607. The second-order valence-corrected chi connectivity index (χ2v) is 8.67. The van der Waals surface area contributed by atoms with E-state index < -0.39 is 0 Å². The number of aryl methyl sites for hydroxylation is 1. The summed E-state index contributed by atoms with van der Waals surface area (Å²) in [4.78, 5) is 25.0. The van der Waals surface area contributed by atoms with Crippen molar-refractivity contribution >= 4 is 21.9 Å². The fourth-order valence-corrected chi connectivity index (χ4v) is 4.55. The average Bonchev–Trinajstić information content (AvgIpc) is 3.31. The van der Waals surface area contributed by atoms with E-state index in [0.717, 1.165) is 64.9 Å². The normalized spacial score (nSPS) is 14.6. The average molecular weight is 453 g/mol. The summed E-state index contributed by atoms with van der Waals surface area (Å²) >= 11 is 0. The van der Waals surface area contributed by atoms with Gasteiger partial charge in [-0.15, -0.1) is 0 Å². The van der Waals surface area contributed by atoms with Crippen molar-refractivity contribution in [2.24, 2.45) is 7.05 Å². The highest BCUT2D eigenvalue weighted by Crippen LogP contribution is 2.40. The first-order valence-electron chi connectivity index (χ1n) is 11.5. The number of benzene rings is 2. The zero-order chi connectivity index (χ0) is 23.1. The monoisotopic (exact) mass is 452 g/mol. The van der Waals surface area contributed by atoms with Crippen LogP contribution in [0.15, 0.2) is 71.8 Å². The molecule has 0 unspecified atom stereocenters. The first kappa shape index (κ1) is 20.6. The van der Waals surface area contributed by atoms with Gasteiger partial charge in [0.1, 0.15) is 17.1 Å². The lowest BCUT2D eigenvalue weighted by Crippen LogP contribution is -2.15. The molecule has 1 aliphatic rings. The van der Waals surface area contributed by atoms with Crippen molar-refractivity contribution in [3.63, 3.8) is 0 Å². The number of hydrogen-bond donors (Lipinski definition) is 1. The molecule has 6 rings (SSSR count). The van der Waals surface area contributed by atoms with Gasteiger partial charge in [0.2, 0.25) is 5.56 Å². The number of H-pyrrole nitrogens is 1. The van der Waals surface area contributed by atoms with Crippen molar-refractivity contribution < 1.29 is 9.47 Å². The van der Waals surface area contributed by atoms with Crippen LogP contribution in [0.2, 0.25) is 0 Å². The molecule has 0 atom stereocenters. The molecule has 2 aromatic carbocycles. The van der Waals surface area contributed by atoms with Crippen LogP contribution in [0.1, 0.15) is 24.6 Å². The van der Waals surface area contributed by atoms with Gasteiger partial charge in [-0.1, -0.05) is 6.07 Å². The second kappa shape index (κ2) is 8.43. The van der Waals surface area contributed by atoms with Crippen LogP contribution in [0.4, 0.5) is 0 Å². The number of ether oxygens (including phenoxy) is 2. The molecule has 34 heavy (non-hydrogen) atoms. The van der Waals surface area contributed by atoms with Gasteiger partial charge in [0, 0.05) is 67.2 Å². The molecule has 0 radical (unpaired) electrons. The summed E-state index contributed by atoms with van der Waals surface area (Å²) in [5.41, 5.74) is 4.25. The van der Waals surface area contributed by atoms with Crippen molar-refractivity contribution in [1.29, 1.82) is 0 Å². The van der Waals surface area contributed by atoms with Crippen LogP contribution in [0.3, 0.4) is 0 Å². The van der Waals surface area contributed by atoms with Crippen LogP contribution in [0, 0.1) is 0 Å². The van der Waals surface area contributed by atoms with Crippen LogP contribution in [-0.2, 0) is 11.8 Å². The summed E-state index contributed by atoms with van der Waals surface area (Å²) in [7, 11) is 1.75. The zero-order valence-electron chi connectivity index (χ0n) is 18.8. The van der Waals surface area contributed by atoms with E-state index in [4.69, 9.17) is 14.5 Å². The summed E-state index contributed by atoms with van der Waals surface area (Å²) in [6.07, 6.45) is 5.49. The Balaban J connectivity index is 1.51. The van der Waals surface area contributed by atoms with Gasteiger partial charge in [0.15, 0.2) is 5.75 Å². The van der Waals surface area contributed by atoms with E-state index >= 15 is 0 Å². The summed E-state index contributed by atoms with van der Waals surface area (Å²) < 4.78 is 13.6. The molecule has 0 aliphatic carbocycles. The lowest BCUT2D eigenvalue weighted by Gasteiger charge is -2.19. The molecule has 1 fully saturated rings. The maximum absolute atomic E-state index is 12.0. The molecular formula is C27H24N4O3. The van der Waals surface area contributed by atoms with Crippen LogP contribution in [-0.4, -0.2) is 32.7 Å². The molecule has 0 saturated carbocycles. The Morgan fingerprint density at radius 3 is 2.82 bits per heavy atom. The smallest absolute Gasteiger partial charge is 0.250 e. The molecule has 1 N–H and O–H groups in total. The van der Waals surface area contributed by atoms with E-state index in [1.165, 1.54) is 0 Å². The number of hydrogen-bond acceptors (Lipinski definition) is 5.